The average molecular weight is 408 g/mol. The fourth-order valence-electron chi connectivity index (χ4n) is 3.08. The van der Waals surface area contributed by atoms with Gasteiger partial charge in [-0.15, -0.1) is 0 Å². The SMILES string of the molecule is CCCCCCCCCCOc1c(O)c2c(OCC(O)CO)cccc2oc1=O. The van der Waals surface area contributed by atoms with Crippen LogP contribution in [0.3, 0.4) is 0 Å². The van der Waals surface area contributed by atoms with Crippen LogP contribution in [-0.2, 0) is 0 Å². The standard InChI is InChI=1S/C22H32O7/c1-2-3-4-5-6-7-8-9-13-27-21-20(25)19-17(28-15-16(24)14-23)11-10-12-18(19)29-22(21)26/h10-12,16,23-25H,2-9,13-15H2,1H3. The van der Waals surface area contributed by atoms with Gasteiger partial charge in [-0.1, -0.05) is 57.9 Å². The van der Waals surface area contributed by atoms with Gasteiger partial charge in [0.05, 0.1) is 13.2 Å². The van der Waals surface area contributed by atoms with Crippen LogP contribution in [0.15, 0.2) is 27.4 Å². The molecule has 1 aromatic heterocycles. The van der Waals surface area contributed by atoms with Gasteiger partial charge in [0.1, 0.15) is 29.4 Å². The summed E-state index contributed by atoms with van der Waals surface area (Å²) in [6.07, 6.45) is 8.09. The summed E-state index contributed by atoms with van der Waals surface area (Å²) in [6.45, 7) is 1.90. The van der Waals surface area contributed by atoms with E-state index >= 15 is 0 Å². The lowest BCUT2D eigenvalue weighted by Gasteiger charge is -2.14. The summed E-state index contributed by atoms with van der Waals surface area (Å²) in [6, 6.07) is 4.72. The summed E-state index contributed by atoms with van der Waals surface area (Å²) in [7, 11) is 0. The molecule has 0 fully saturated rings. The number of ether oxygens (including phenoxy) is 2. The van der Waals surface area contributed by atoms with E-state index in [2.05, 4.69) is 6.92 Å². The van der Waals surface area contributed by atoms with Crippen LogP contribution in [-0.4, -0.2) is 41.2 Å². The first kappa shape index (κ1) is 23.0. The zero-order valence-corrected chi connectivity index (χ0v) is 17.1. The Labute approximate surface area is 170 Å². The third-order valence-electron chi connectivity index (χ3n) is 4.71. The molecule has 2 rings (SSSR count). The number of aromatic hydroxyl groups is 1. The molecule has 7 heteroatoms. The van der Waals surface area contributed by atoms with Crippen LogP contribution in [0, 0.1) is 0 Å². The fourth-order valence-corrected chi connectivity index (χ4v) is 3.08. The predicted molar refractivity (Wildman–Crippen MR) is 111 cm³/mol. The summed E-state index contributed by atoms with van der Waals surface area (Å²) in [5.41, 5.74) is -0.593. The van der Waals surface area contributed by atoms with Gasteiger partial charge in [-0.2, -0.15) is 0 Å². The number of unbranched alkanes of at least 4 members (excludes halogenated alkanes) is 7. The van der Waals surface area contributed by atoms with E-state index in [1.807, 2.05) is 0 Å². The zero-order valence-electron chi connectivity index (χ0n) is 17.1. The van der Waals surface area contributed by atoms with Gasteiger partial charge in [0.2, 0.25) is 5.75 Å². The van der Waals surface area contributed by atoms with E-state index in [4.69, 9.17) is 19.0 Å². The highest BCUT2D eigenvalue weighted by Gasteiger charge is 2.19. The molecule has 0 saturated carbocycles. The van der Waals surface area contributed by atoms with Crippen LogP contribution in [0.5, 0.6) is 17.2 Å². The van der Waals surface area contributed by atoms with Crippen LogP contribution in [0.2, 0.25) is 0 Å². The Bertz CT molecular complexity index is 800. The summed E-state index contributed by atoms with van der Waals surface area (Å²) >= 11 is 0. The first-order valence-corrected chi connectivity index (χ1v) is 10.4. The third-order valence-corrected chi connectivity index (χ3v) is 4.71. The van der Waals surface area contributed by atoms with Gasteiger partial charge in [0.25, 0.3) is 0 Å². The van der Waals surface area contributed by atoms with E-state index in [1.54, 1.807) is 12.1 Å². The Morgan fingerprint density at radius 2 is 1.72 bits per heavy atom. The van der Waals surface area contributed by atoms with Crippen molar-refractivity contribution >= 4 is 11.0 Å². The second-order valence-electron chi connectivity index (χ2n) is 7.17. The number of aliphatic hydroxyl groups is 2. The number of benzene rings is 1. The van der Waals surface area contributed by atoms with Gasteiger partial charge in [0.15, 0.2) is 5.75 Å². The number of fused-ring (bicyclic) bond motifs is 1. The van der Waals surface area contributed by atoms with Gasteiger partial charge in [-0.05, 0) is 18.6 Å². The average Bonchev–Trinajstić information content (AvgIpc) is 2.72. The lowest BCUT2D eigenvalue weighted by molar-refractivity contribution is 0.0540. The lowest BCUT2D eigenvalue weighted by atomic mass is 10.1. The van der Waals surface area contributed by atoms with Gasteiger partial charge < -0.3 is 29.2 Å². The molecular formula is C22H32O7. The molecular weight excluding hydrogens is 376 g/mol. The first-order valence-electron chi connectivity index (χ1n) is 10.4. The maximum absolute atomic E-state index is 12.2. The van der Waals surface area contributed by atoms with Crippen molar-refractivity contribution in [3.05, 3.63) is 28.6 Å². The van der Waals surface area contributed by atoms with Crippen molar-refractivity contribution in [2.75, 3.05) is 19.8 Å². The number of rotatable bonds is 14. The van der Waals surface area contributed by atoms with E-state index in [0.717, 1.165) is 19.3 Å². The molecule has 0 radical (unpaired) electrons. The molecule has 2 aromatic rings. The highest BCUT2D eigenvalue weighted by Crippen LogP contribution is 2.37. The van der Waals surface area contributed by atoms with Crippen molar-refractivity contribution in [2.45, 2.75) is 64.4 Å². The highest BCUT2D eigenvalue weighted by molar-refractivity contribution is 5.91. The maximum atomic E-state index is 12.2. The van der Waals surface area contributed by atoms with Crippen molar-refractivity contribution in [1.82, 2.24) is 0 Å². The number of hydrogen-bond donors (Lipinski definition) is 3. The van der Waals surface area contributed by atoms with Crippen molar-refractivity contribution in [2.24, 2.45) is 0 Å². The van der Waals surface area contributed by atoms with E-state index in [0.29, 0.717) is 6.61 Å². The summed E-state index contributed by atoms with van der Waals surface area (Å²) in [5.74, 6) is -0.350. The molecule has 1 aromatic carbocycles. The topological polar surface area (TPSA) is 109 Å². The molecule has 1 unspecified atom stereocenters. The van der Waals surface area contributed by atoms with Gasteiger partial charge >= 0.3 is 5.63 Å². The number of hydrogen-bond acceptors (Lipinski definition) is 7. The quantitative estimate of drug-likeness (QED) is 0.323. The molecule has 1 heterocycles. The van der Waals surface area contributed by atoms with Crippen LogP contribution in [0.25, 0.3) is 11.0 Å². The predicted octanol–water partition coefficient (Wildman–Crippen LogP) is 3.75. The van der Waals surface area contributed by atoms with Crippen LogP contribution in [0.4, 0.5) is 0 Å². The largest absolute Gasteiger partial charge is 0.503 e. The Balaban J connectivity index is 1.97. The molecule has 0 aliphatic rings. The molecule has 0 bridgehead atoms. The van der Waals surface area contributed by atoms with E-state index < -0.39 is 18.3 Å². The normalized spacial score (nSPS) is 12.2. The monoisotopic (exact) mass is 408 g/mol. The van der Waals surface area contributed by atoms with E-state index in [1.165, 1.54) is 38.2 Å². The molecule has 0 aliphatic heterocycles. The second kappa shape index (κ2) is 12.3. The maximum Gasteiger partial charge on any atom is 0.383 e. The molecule has 0 spiro atoms. The van der Waals surface area contributed by atoms with Crippen molar-refractivity contribution in [3.8, 4) is 17.2 Å². The molecule has 0 saturated heterocycles. The van der Waals surface area contributed by atoms with Crippen LogP contribution in [0.1, 0.15) is 58.3 Å². The number of aliphatic hydroxyl groups excluding tert-OH is 2. The van der Waals surface area contributed by atoms with E-state index in [-0.39, 0.29) is 34.8 Å². The first-order chi connectivity index (χ1) is 14.1. The third kappa shape index (κ3) is 6.94. The van der Waals surface area contributed by atoms with Crippen LogP contribution < -0.4 is 15.1 Å². The minimum atomic E-state index is -1.05. The molecule has 0 aliphatic carbocycles. The highest BCUT2D eigenvalue weighted by atomic mass is 16.5. The molecule has 29 heavy (non-hydrogen) atoms. The van der Waals surface area contributed by atoms with Gasteiger partial charge in [-0.3, -0.25) is 0 Å². The Morgan fingerprint density at radius 1 is 1.03 bits per heavy atom. The van der Waals surface area contributed by atoms with E-state index in [9.17, 15) is 15.0 Å². The van der Waals surface area contributed by atoms with Gasteiger partial charge in [-0.25, -0.2) is 4.79 Å². The zero-order chi connectivity index (χ0) is 21.1. The smallest absolute Gasteiger partial charge is 0.383 e. The molecule has 7 nitrogen and oxygen atoms in total. The second-order valence-corrected chi connectivity index (χ2v) is 7.17. The Kier molecular flexibility index (Phi) is 9.80. The molecule has 3 N–H and O–H groups in total. The summed E-state index contributed by atoms with van der Waals surface area (Å²) in [5, 5.41) is 29.2. The van der Waals surface area contributed by atoms with Crippen molar-refractivity contribution < 1.29 is 29.2 Å². The molecule has 0 amide bonds. The fraction of sp³-hybridized carbons (Fsp3) is 0.591. The van der Waals surface area contributed by atoms with Crippen molar-refractivity contribution in [1.29, 1.82) is 0 Å². The Morgan fingerprint density at radius 3 is 2.41 bits per heavy atom. The minimum absolute atomic E-state index is 0.155. The Hall–Kier alpha value is -2.25. The summed E-state index contributed by atoms with van der Waals surface area (Å²) < 4.78 is 16.2. The molecule has 162 valence electrons. The van der Waals surface area contributed by atoms with Gasteiger partial charge in [0, 0.05) is 0 Å². The van der Waals surface area contributed by atoms with Crippen molar-refractivity contribution in [3.63, 3.8) is 0 Å². The van der Waals surface area contributed by atoms with Crippen LogP contribution >= 0.6 is 0 Å². The lowest BCUT2D eigenvalue weighted by Crippen LogP contribution is -2.21. The minimum Gasteiger partial charge on any atom is -0.503 e. The summed E-state index contributed by atoms with van der Waals surface area (Å²) in [4.78, 5) is 12.2. The molecule has 1 atom stereocenters.